The molecule has 0 bridgehead atoms. The number of hydrogen-bond donors (Lipinski definition) is 2. The molecule has 6 nitrogen and oxygen atoms in total. The van der Waals surface area contributed by atoms with Crippen LogP contribution in [0.3, 0.4) is 0 Å². The van der Waals surface area contributed by atoms with Crippen molar-refractivity contribution in [2.75, 3.05) is 51.7 Å². The summed E-state index contributed by atoms with van der Waals surface area (Å²) >= 11 is 0. The molecule has 2 aromatic carbocycles. The van der Waals surface area contributed by atoms with Gasteiger partial charge < -0.3 is 20.4 Å². The second-order valence-corrected chi connectivity index (χ2v) is 7.32. The van der Waals surface area contributed by atoms with Crippen LogP contribution < -0.4 is 15.5 Å². The fourth-order valence-electron chi connectivity index (χ4n) is 3.66. The molecule has 0 radical (unpaired) electrons. The van der Waals surface area contributed by atoms with Crippen LogP contribution in [0.4, 0.5) is 5.69 Å². The standard InChI is InChI=1S/C23H31N5O/c1-18-6-4-9-21(16-18)27-12-14-28(15-13-27)23(25-3)26-11-10-19-7-5-8-20(17-19)22(29)24-2/h4-9,16-17H,10-15H2,1-3H3,(H,24,29)(H,25,26). The van der Waals surface area contributed by atoms with Crippen molar-refractivity contribution in [1.29, 1.82) is 0 Å². The van der Waals surface area contributed by atoms with Gasteiger partial charge in [0.2, 0.25) is 0 Å². The van der Waals surface area contributed by atoms with Crippen LogP contribution in [0, 0.1) is 6.92 Å². The van der Waals surface area contributed by atoms with Gasteiger partial charge in [-0.2, -0.15) is 0 Å². The Bertz CT molecular complexity index is 856. The van der Waals surface area contributed by atoms with Crippen molar-refractivity contribution in [2.24, 2.45) is 4.99 Å². The number of nitrogens with zero attached hydrogens (tertiary/aromatic N) is 3. The number of carbonyl (C=O) groups excluding carboxylic acids is 1. The summed E-state index contributed by atoms with van der Waals surface area (Å²) in [6, 6.07) is 16.5. The summed E-state index contributed by atoms with van der Waals surface area (Å²) in [5, 5.41) is 6.14. The lowest BCUT2D eigenvalue weighted by molar-refractivity contribution is 0.0963. The van der Waals surface area contributed by atoms with Crippen LogP contribution in [-0.2, 0) is 6.42 Å². The molecule has 3 rings (SSSR count). The van der Waals surface area contributed by atoms with Crippen molar-refractivity contribution in [3.05, 3.63) is 65.2 Å². The average molecular weight is 394 g/mol. The molecular formula is C23H31N5O. The van der Waals surface area contributed by atoms with Crippen LogP contribution >= 0.6 is 0 Å². The quantitative estimate of drug-likeness (QED) is 0.605. The van der Waals surface area contributed by atoms with E-state index in [4.69, 9.17) is 0 Å². The third-order valence-electron chi connectivity index (χ3n) is 5.27. The molecule has 1 fully saturated rings. The maximum absolute atomic E-state index is 11.8. The first-order valence-corrected chi connectivity index (χ1v) is 10.2. The SMILES string of the molecule is CN=C(NCCc1cccc(C(=O)NC)c1)N1CCN(c2cccc(C)c2)CC1. The highest BCUT2D eigenvalue weighted by atomic mass is 16.1. The van der Waals surface area contributed by atoms with Crippen LogP contribution in [0.2, 0.25) is 0 Å². The normalized spacial score (nSPS) is 14.7. The summed E-state index contributed by atoms with van der Waals surface area (Å²) in [5.41, 5.74) is 4.42. The maximum Gasteiger partial charge on any atom is 0.251 e. The maximum atomic E-state index is 11.8. The van der Waals surface area contributed by atoms with E-state index in [1.807, 2.05) is 25.2 Å². The zero-order valence-electron chi connectivity index (χ0n) is 17.6. The number of anilines is 1. The van der Waals surface area contributed by atoms with Gasteiger partial charge in [-0.05, 0) is 48.7 Å². The van der Waals surface area contributed by atoms with E-state index in [0.717, 1.165) is 50.7 Å². The summed E-state index contributed by atoms with van der Waals surface area (Å²) in [5.74, 6) is 0.887. The van der Waals surface area contributed by atoms with Gasteiger partial charge in [-0.1, -0.05) is 24.3 Å². The summed E-state index contributed by atoms with van der Waals surface area (Å²) in [6.07, 6.45) is 0.840. The molecule has 0 aliphatic carbocycles. The largest absolute Gasteiger partial charge is 0.368 e. The topological polar surface area (TPSA) is 60.0 Å². The molecule has 1 amide bonds. The van der Waals surface area contributed by atoms with Crippen LogP contribution in [0.1, 0.15) is 21.5 Å². The molecule has 1 heterocycles. The van der Waals surface area contributed by atoms with Crippen molar-refractivity contribution >= 4 is 17.6 Å². The first-order valence-electron chi connectivity index (χ1n) is 10.2. The van der Waals surface area contributed by atoms with Gasteiger partial charge in [0, 0.05) is 58.1 Å². The van der Waals surface area contributed by atoms with Crippen molar-refractivity contribution in [3.8, 4) is 0 Å². The minimum Gasteiger partial charge on any atom is -0.368 e. The molecule has 2 aromatic rings. The van der Waals surface area contributed by atoms with Crippen LogP contribution in [0.15, 0.2) is 53.5 Å². The third-order valence-corrected chi connectivity index (χ3v) is 5.27. The number of rotatable bonds is 5. The van der Waals surface area contributed by atoms with Crippen molar-refractivity contribution in [1.82, 2.24) is 15.5 Å². The van der Waals surface area contributed by atoms with Gasteiger partial charge >= 0.3 is 0 Å². The highest BCUT2D eigenvalue weighted by Crippen LogP contribution is 2.17. The third kappa shape index (κ3) is 5.50. The van der Waals surface area contributed by atoms with Crippen LogP contribution in [0.5, 0.6) is 0 Å². The second kappa shape index (κ2) is 9.96. The van der Waals surface area contributed by atoms with Gasteiger partial charge in [0.25, 0.3) is 5.91 Å². The molecule has 1 aliphatic heterocycles. The number of nitrogens with one attached hydrogen (secondary N) is 2. The first-order chi connectivity index (χ1) is 14.1. The van der Waals surface area contributed by atoms with Gasteiger partial charge in [-0.15, -0.1) is 0 Å². The molecular weight excluding hydrogens is 362 g/mol. The highest BCUT2D eigenvalue weighted by Gasteiger charge is 2.19. The Labute approximate surface area is 173 Å². The zero-order chi connectivity index (χ0) is 20.6. The smallest absolute Gasteiger partial charge is 0.251 e. The van der Waals surface area contributed by atoms with Crippen molar-refractivity contribution < 1.29 is 4.79 Å². The number of piperazine rings is 1. The molecule has 0 spiro atoms. The summed E-state index contributed by atoms with van der Waals surface area (Å²) < 4.78 is 0. The summed E-state index contributed by atoms with van der Waals surface area (Å²) in [6.45, 7) is 6.77. The minimum atomic E-state index is -0.0536. The van der Waals surface area contributed by atoms with Gasteiger partial charge in [0.15, 0.2) is 5.96 Å². The van der Waals surface area contributed by atoms with Gasteiger partial charge in [-0.25, -0.2) is 0 Å². The number of guanidine groups is 1. The van der Waals surface area contributed by atoms with Gasteiger partial charge in [-0.3, -0.25) is 9.79 Å². The fraction of sp³-hybridized carbons (Fsp3) is 0.391. The highest BCUT2D eigenvalue weighted by molar-refractivity contribution is 5.94. The Kier molecular flexibility index (Phi) is 7.11. The Morgan fingerprint density at radius 2 is 1.83 bits per heavy atom. The van der Waals surface area contributed by atoms with E-state index in [2.05, 4.69) is 62.7 Å². The molecule has 0 atom stereocenters. The molecule has 6 heteroatoms. The Balaban J connectivity index is 1.49. The lowest BCUT2D eigenvalue weighted by Gasteiger charge is -2.37. The molecule has 0 unspecified atom stereocenters. The Hall–Kier alpha value is -3.02. The van der Waals surface area contributed by atoms with Crippen LogP contribution in [0.25, 0.3) is 0 Å². The number of hydrogen-bond acceptors (Lipinski definition) is 3. The minimum absolute atomic E-state index is 0.0536. The number of benzene rings is 2. The average Bonchev–Trinajstić information content (AvgIpc) is 2.76. The Morgan fingerprint density at radius 3 is 2.52 bits per heavy atom. The summed E-state index contributed by atoms with van der Waals surface area (Å²) in [7, 11) is 3.49. The predicted octanol–water partition coefficient (Wildman–Crippen LogP) is 2.29. The molecule has 1 aliphatic rings. The van der Waals surface area contributed by atoms with E-state index in [1.54, 1.807) is 7.05 Å². The van der Waals surface area contributed by atoms with E-state index in [0.29, 0.717) is 5.56 Å². The lowest BCUT2D eigenvalue weighted by Crippen LogP contribution is -2.52. The zero-order valence-corrected chi connectivity index (χ0v) is 17.6. The molecule has 0 aromatic heterocycles. The van der Waals surface area contributed by atoms with Gasteiger partial charge in [0.05, 0.1) is 0 Å². The molecule has 1 saturated heterocycles. The monoisotopic (exact) mass is 393 g/mol. The number of aryl methyl sites for hydroxylation is 1. The van der Waals surface area contributed by atoms with E-state index in [1.165, 1.54) is 11.3 Å². The van der Waals surface area contributed by atoms with E-state index >= 15 is 0 Å². The molecule has 0 saturated carbocycles. The number of carbonyl (C=O) groups is 1. The number of amides is 1. The van der Waals surface area contributed by atoms with Crippen LogP contribution in [-0.4, -0.2) is 63.6 Å². The van der Waals surface area contributed by atoms with Crippen molar-refractivity contribution in [2.45, 2.75) is 13.3 Å². The number of aliphatic imine (C=N–C) groups is 1. The summed E-state index contributed by atoms with van der Waals surface area (Å²) in [4.78, 5) is 21.0. The molecule has 29 heavy (non-hydrogen) atoms. The first kappa shape index (κ1) is 20.7. The lowest BCUT2D eigenvalue weighted by atomic mass is 10.1. The molecule has 154 valence electrons. The fourth-order valence-corrected chi connectivity index (χ4v) is 3.66. The van der Waals surface area contributed by atoms with Crippen molar-refractivity contribution in [3.63, 3.8) is 0 Å². The van der Waals surface area contributed by atoms with E-state index in [-0.39, 0.29) is 5.91 Å². The van der Waals surface area contributed by atoms with Gasteiger partial charge in [0.1, 0.15) is 0 Å². The second-order valence-electron chi connectivity index (χ2n) is 7.32. The predicted molar refractivity (Wildman–Crippen MR) is 120 cm³/mol. The van der Waals surface area contributed by atoms with E-state index in [9.17, 15) is 4.79 Å². The van der Waals surface area contributed by atoms with E-state index < -0.39 is 0 Å². The molecule has 2 N–H and O–H groups in total. The Morgan fingerprint density at radius 1 is 1.07 bits per heavy atom.